The van der Waals surface area contributed by atoms with Crippen molar-refractivity contribution in [3.63, 3.8) is 0 Å². The molecule has 0 aliphatic rings. The molecule has 3 aromatic heterocycles. The molecule has 11 heteroatoms. The Morgan fingerprint density at radius 1 is 1.00 bits per heavy atom. The smallest absolute Gasteiger partial charge is 0.250 e. The molecule has 0 fully saturated rings. The zero-order valence-electron chi connectivity index (χ0n) is 19.5. The number of aromatic nitrogens is 3. The lowest BCUT2D eigenvalue weighted by molar-refractivity contribution is 0.477. The van der Waals surface area contributed by atoms with Crippen LogP contribution >= 0.6 is 11.3 Å². The Balaban J connectivity index is 1.33. The van der Waals surface area contributed by atoms with E-state index < -0.39 is 10.0 Å². The van der Waals surface area contributed by atoms with Crippen LogP contribution in [0.1, 0.15) is 16.7 Å². The van der Waals surface area contributed by atoms with E-state index in [0.717, 1.165) is 28.0 Å². The number of para-hydroxylation sites is 1. The van der Waals surface area contributed by atoms with Gasteiger partial charge in [-0.15, -0.1) is 0 Å². The van der Waals surface area contributed by atoms with E-state index in [2.05, 4.69) is 26.7 Å². The Labute approximate surface area is 217 Å². The summed E-state index contributed by atoms with van der Waals surface area (Å²) in [6.07, 6.45) is 3.37. The predicted octanol–water partition coefficient (Wildman–Crippen LogP) is 4.60. The lowest BCUT2D eigenvalue weighted by Gasteiger charge is -2.12. The van der Waals surface area contributed by atoms with Crippen LogP contribution in [-0.4, -0.2) is 33.2 Å². The number of fused-ring (bicyclic) bond motifs is 1. The van der Waals surface area contributed by atoms with Gasteiger partial charge in [-0.05, 0) is 35.4 Å². The van der Waals surface area contributed by atoms with E-state index in [1.807, 2.05) is 36.4 Å². The minimum Gasteiger partial charge on any atom is -0.507 e. The molecule has 9 nitrogen and oxygen atoms in total. The van der Waals surface area contributed by atoms with Crippen molar-refractivity contribution in [2.75, 3.05) is 5.32 Å². The second-order valence-electron chi connectivity index (χ2n) is 8.17. The molecule has 0 amide bonds. The Morgan fingerprint density at radius 3 is 2.41 bits per heavy atom. The number of nitrogens with one attached hydrogen (secondary N) is 2. The molecular formula is C26H23N5O4S2. The van der Waals surface area contributed by atoms with Crippen molar-refractivity contribution >= 4 is 38.9 Å². The first kappa shape index (κ1) is 24.5. The van der Waals surface area contributed by atoms with Crippen LogP contribution in [0.5, 0.6) is 10.8 Å². The fraction of sp³-hybridized carbons (Fsp3) is 0.0769. The molecule has 0 saturated carbocycles. The van der Waals surface area contributed by atoms with E-state index in [1.165, 1.54) is 12.1 Å². The number of anilines is 1. The molecule has 0 saturated heterocycles. The topological polar surface area (TPSA) is 129 Å². The Morgan fingerprint density at radius 2 is 1.73 bits per heavy atom. The van der Waals surface area contributed by atoms with E-state index in [1.54, 1.807) is 35.0 Å². The van der Waals surface area contributed by atoms with E-state index in [-0.39, 0.29) is 21.6 Å². The first-order valence-corrected chi connectivity index (χ1v) is 13.5. The average Bonchev–Trinajstić information content (AvgIpc) is 3.53. The van der Waals surface area contributed by atoms with Gasteiger partial charge in [-0.25, -0.2) is 18.1 Å². The number of hydrogen-bond acceptors (Lipinski definition) is 8. The van der Waals surface area contributed by atoms with Gasteiger partial charge in [-0.3, -0.25) is 0 Å². The highest BCUT2D eigenvalue weighted by Crippen LogP contribution is 2.30. The molecular weight excluding hydrogens is 510 g/mol. The summed E-state index contributed by atoms with van der Waals surface area (Å²) in [5.74, 6) is 0.819. The van der Waals surface area contributed by atoms with Crippen LogP contribution in [0.4, 0.5) is 5.82 Å². The number of benzene rings is 2. The monoisotopic (exact) mass is 533 g/mol. The summed E-state index contributed by atoms with van der Waals surface area (Å²) in [7, 11) is -3.69. The van der Waals surface area contributed by atoms with Gasteiger partial charge in [0.1, 0.15) is 15.8 Å². The molecule has 0 spiro atoms. The summed E-state index contributed by atoms with van der Waals surface area (Å²) >= 11 is 0.807. The van der Waals surface area contributed by atoms with Gasteiger partial charge in [-0.1, -0.05) is 60.4 Å². The summed E-state index contributed by atoms with van der Waals surface area (Å²) in [5.41, 5.74) is 4.35. The summed E-state index contributed by atoms with van der Waals surface area (Å²) in [4.78, 5) is 4.69. The quantitative estimate of drug-likeness (QED) is 0.218. The lowest BCUT2D eigenvalue weighted by atomic mass is 10.1. The molecule has 2 aromatic carbocycles. The molecule has 5 aromatic rings. The minimum atomic E-state index is -3.69. The van der Waals surface area contributed by atoms with Gasteiger partial charge in [0.15, 0.2) is 10.7 Å². The third-order valence-electron chi connectivity index (χ3n) is 5.69. The minimum absolute atomic E-state index is 0.0489. The fourth-order valence-electron chi connectivity index (χ4n) is 3.75. The second kappa shape index (κ2) is 10.1. The molecule has 5 rings (SSSR count). The maximum atomic E-state index is 12.4. The maximum Gasteiger partial charge on any atom is 0.250 e. The highest BCUT2D eigenvalue weighted by atomic mass is 32.2. The van der Waals surface area contributed by atoms with Crippen LogP contribution in [0.2, 0.25) is 0 Å². The van der Waals surface area contributed by atoms with Crippen molar-refractivity contribution in [3.05, 3.63) is 96.2 Å². The largest absolute Gasteiger partial charge is 0.507 e. The molecule has 0 aliphatic heterocycles. The Kier molecular flexibility index (Phi) is 6.66. The van der Waals surface area contributed by atoms with Crippen LogP contribution in [0.25, 0.3) is 23.0 Å². The number of rotatable bonds is 9. The molecule has 0 atom stereocenters. The molecule has 37 heavy (non-hydrogen) atoms. The number of hydrogen-bond donors (Lipinski definition) is 4. The predicted molar refractivity (Wildman–Crippen MR) is 144 cm³/mol. The molecule has 3 heterocycles. The van der Waals surface area contributed by atoms with Crippen molar-refractivity contribution in [1.82, 2.24) is 19.3 Å². The van der Waals surface area contributed by atoms with Gasteiger partial charge >= 0.3 is 0 Å². The Hall–Kier alpha value is -4.19. The first-order chi connectivity index (χ1) is 17.8. The van der Waals surface area contributed by atoms with Gasteiger partial charge in [0.05, 0.1) is 11.9 Å². The summed E-state index contributed by atoms with van der Waals surface area (Å²) in [6, 6.07) is 19.1. The zero-order valence-corrected chi connectivity index (χ0v) is 21.1. The van der Waals surface area contributed by atoms with E-state index in [0.29, 0.717) is 29.3 Å². The average molecular weight is 534 g/mol. The third-order valence-corrected chi connectivity index (χ3v) is 8.47. The standard InChI is InChI=1S/C26H23N5O4S2/c1-2-19-16-28-31-23(13-21(30-26(19)31)20-5-3-4-6-22(20)32)27-14-17-7-9-18(10-8-17)15-29-37(34,35)25-12-11-24(33)36-25/h2-13,16,27,29,32-33H,1,14-15H2. The van der Waals surface area contributed by atoms with Gasteiger partial charge in [-0.2, -0.15) is 9.61 Å². The SMILES string of the molecule is C=Cc1cnn2c(NCc3ccc(CNS(=O)(=O)c4ccc(O)s4)cc3)cc(-c3ccccc3O)nc12. The number of nitrogens with zero attached hydrogens (tertiary/aromatic N) is 3. The van der Waals surface area contributed by atoms with Crippen molar-refractivity contribution in [3.8, 4) is 22.1 Å². The number of phenols is 1. The molecule has 4 N–H and O–H groups in total. The highest BCUT2D eigenvalue weighted by Gasteiger charge is 2.17. The summed E-state index contributed by atoms with van der Waals surface area (Å²) in [5, 5.41) is 27.5. The number of thiophene rings is 1. The van der Waals surface area contributed by atoms with Crippen molar-refractivity contribution in [2.45, 2.75) is 17.3 Å². The van der Waals surface area contributed by atoms with Crippen LogP contribution in [0, 0.1) is 0 Å². The normalized spacial score (nSPS) is 11.6. The van der Waals surface area contributed by atoms with Crippen LogP contribution in [0.15, 0.2) is 83.7 Å². The lowest BCUT2D eigenvalue weighted by Crippen LogP contribution is -2.22. The highest BCUT2D eigenvalue weighted by molar-refractivity contribution is 7.91. The summed E-state index contributed by atoms with van der Waals surface area (Å²) in [6.45, 7) is 4.44. The maximum absolute atomic E-state index is 12.4. The fourth-order valence-corrected chi connectivity index (χ4v) is 5.85. The van der Waals surface area contributed by atoms with E-state index in [9.17, 15) is 18.6 Å². The van der Waals surface area contributed by atoms with Gasteiger partial charge < -0.3 is 15.5 Å². The van der Waals surface area contributed by atoms with E-state index >= 15 is 0 Å². The zero-order chi connectivity index (χ0) is 26.0. The second-order valence-corrected chi connectivity index (χ2v) is 11.2. The molecule has 0 bridgehead atoms. The molecule has 0 unspecified atom stereocenters. The van der Waals surface area contributed by atoms with Crippen LogP contribution in [-0.2, 0) is 23.1 Å². The van der Waals surface area contributed by atoms with Gasteiger partial charge in [0.2, 0.25) is 10.0 Å². The van der Waals surface area contributed by atoms with Crippen LogP contribution < -0.4 is 10.0 Å². The summed E-state index contributed by atoms with van der Waals surface area (Å²) < 4.78 is 29.0. The Bertz CT molecular complexity index is 1690. The van der Waals surface area contributed by atoms with E-state index in [4.69, 9.17) is 0 Å². The van der Waals surface area contributed by atoms with Crippen molar-refractivity contribution in [1.29, 1.82) is 0 Å². The number of phenolic OH excluding ortho intramolecular Hbond substituents is 1. The molecule has 0 radical (unpaired) electrons. The van der Waals surface area contributed by atoms with Crippen LogP contribution in [0.3, 0.4) is 0 Å². The van der Waals surface area contributed by atoms with Crippen molar-refractivity contribution in [2.24, 2.45) is 0 Å². The molecule has 0 aliphatic carbocycles. The number of aromatic hydroxyl groups is 2. The number of sulfonamides is 1. The first-order valence-electron chi connectivity index (χ1n) is 11.2. The molecule has 188 valence electrons. The van der Waals surface area contributed by atoms with Gasteiger partial charge in [0, 0.05) is 30.3 Å². The third kappa shape index (κ3) is 5.19. The van der Waals surface area contributed by atoms with Gasteiger partial charge in [0.25, 0.3) is 0 Å². The van der Waals surface area contributed by atoms with Crippen molar-refractivity contribution < 1.29 is 18.6 Å².